The van der Waals surface area contributed by atoms with Crippen molar-refractivity contribution in [3.8, 4) is 0 Å². The summed E-state index contributed by atoms with van der Waals surface area (Å²) >= 11 is 9.46. The fraction of sp³-hybridized carbons (Fsp3) is 0.500. The zero-order chi connectivity index (χ0) is 12.8. The fourth-order valence-corrected chi connectivity index (χ4v) is 2.20. The van der Waals surface area contributed by atoms with E-state index in [2.05, 4.69) is 28.3 Å². The lowest BCUT2D eigenvalue weighted by atomic mass is 9.93. The van der Waals surface area contributed by atoms with Gasteiger partial charge >= 0.3 is 0 Å². The average molecular weight is 322 g/mol. The van der Waals surface area contributed by atoms with Crippen molar-refractivity contribution in [3.63, 3.8) is 0 Å². The Labute approximate surface area is 116 Å². The summed E-state index contributed by atoms with van der Waals surface area (Å²) in [5.74, 6) is 5.99. The molecule has 0 amide bonds. The van der Waals surface area contributed by atoms with E-state index in [0.29, 0.717) is 10.9 Å². The molecule has 0 fully saturated rings. The molecule has 0 spiro atoms. The van der Waals surface area contributed by atoms with Gasteiger partial charge in [0.25, 0.3) is 0 Å². The Balaban J connectivity index is 2.81. The maximum Gasteiger partial charge on any atom is 0.0551 e. The van der Waals surface area contributed by atoms with Gasteiger partial charge in [0.05, 0.1) is 5.02 Å². The topological polar surface area (TPSA) is 47.3 Å². The van der Waals surface area contributed by atoms with Gasteiger partial charge in [-0.25, -0.2) is 0 Å². The standard InChI is InChI=1S/C12H18BrClN2O/c1-8(5-6-17-2)12(16-15)9-3-4-10(13)11(14)7-9/h3-4,7-8,12,16H,5-6,15H2,1-2H3. The summed E-state index contributed by atoms with van der Waals surface area (Å²) in [7, 11) is 1.70. The second-order valence-corrected chi connectivity index (χ2v) is 5.34. The van der Waals surface area contributed by atoms with Gasteiger partial charge in [0.2, 0.25) is 0 Å². The Kier molecular flexibility index (Phi) is 6.44. The van der Waals surface area contributed by atoms with Gasteiger partial charge in [-0.15, -0.1) is 0 Å². The first-order valence-corrected chi connectivity index (χ1v) is 6.67. The van der Waals surface area contributed by atoms with E-state index in [-0.39, 0.29) is 6.04 Å². The number of hydrogen-bond donors (Lipinski definition) is 2. The van der Waals surface area contributed by atoms with Crippen LogP contribution < -0.4 is 11.3 Å². The third-order valence-corrected chi connectivity index (χ3v) is 4.06. The van der Waals surface area contributed by atoms with Crippen LogP contribution in [0.3, 0.4) is 0 Å². The number of hydrazine groups is 1. The van der Waals surface area contributed by atoms with Crippen LogP contribution in [0.15, 0.2) is 22.7 Å². The average Bonchev–Trinajstić information content (AvgIpc) is 2.32. The Morgan fingerprint density at radius 1 is 1.53 bits per heavy atom. The van der Waals surface area contributed by atoms with Crippen LogP contribution in [-0.2, 0) is 4.74 Å². The van der Waals surface area contributed by atoms with Crippen molar-refractivity contribution in [2.75, 3.05) is 13.7 Å². The minimum absolute atomic E-state index is 0.0794. The number of rotatable bonds is 6. The highest BCUT2D eigenvalue weighted by Crippen LogP contribution is 2.29. The lowest BCUT2D eigenvalue weighted by Gasteiger charge is -2.23. The van der Waals surface area contributed by atoms with E-state index in [9.17, 15) is 0 Å². The highest BCUT2D eigenvalue weighted by molar-refractivity contribution is 9.10. The Hall–Kier alpha value is -0.130. The highest BCUT2D eigenvalue weighted by atomic mass is 79.9. The normalized spacial score (nSPS) is 14.6. The molecule has 0 aliphatic heterocycles. The fourth-order valence-electron chi connectivity index (χ4n) is 1.77. The van der Waals surface area contributed by atoms with Crippen LogP contribution in [0.5, 0.6) is 0 Å². The summed E-state index contributed by atoms with van der Waals surface area (Å²) in [4.78, 5) is 0. The summed E-state index contributed by atoms with van der Waals surface area (Å²) in [5.41, 5.74) is 3.93. The zero-order valence-corrected chi connectivity index (χ0v) is 12.4. The van der Waals surface area contributed by atoms with Gasteiger partial charge in [0.15, 0.2) is 0 Å². The van der Waals surface area contributed by atoms with Crippen LogP contribution in [0.4, 0.5) is 0 Å². The molecule has 17 heavy (non-hydrogen) atoms. The molecular weight excluding hydrogens is 304 g/mol. The number of nitrogens with two attached hydrogens (primary N) is 1. The van der Waals surface area contributed by atoms with Gasteiger partial charge < -0.3 is 4.74 Å². The summed E-state index contributed by atoms with van der Waals surface area (Å²) in [5, 5.41) is 0.696. The molecule has 2 unspecified atom stereocenters. The SMILES string of the molecule is COCCC(C)C(NN)c1ccc(Br)c(Cl)c1. The minimum atomic E-state index is 0.0794. The van der Waals surface area contributed by atoms with Crippen molar-refractivity contribution in [3.05, 3.63) is 33.3 Å². The number of nitrogens with one attached hydrogen (secondary N) is 1. The van der Waals surface area contributed by atoms with Crippen molar-refractivity contribution in [1.82, 2.24) is 5.43 Å². The van der Waals surface area contributed by atoms with Gasteiger partial charge in [0.1, 0.15) is 0 Å². The molecule has 1 rings (SSSR count). The van der Waals surface area contributed by atoms with E-state index in [1.807, 2.05) is 18.2 Å². The summed E-state index contributed by atoms with van der Waals surface area (Å²) in [6.07, 6.45) is 0.944. The molecular formula is C12H18BrClN2O. The molecule has 1 aromatic rings. The van der Waals surface area contributed by atoms with E-state index in [1.165, 1.54) is 0 Å². The molecule has 0 radical (unpaired) electrons. The summed E-state index contributed by atoms with van der Waals surface area (Å²) in [6.45, 7) is 2.86. The molecule has 0 saturated heterocycles. The smallest absolute Gasteiger partial charge is 0.0551 e. The second-order valence-electron chi connectivity index (χ2n) is 4.08. The number of methoxy groups -OCH3 is 1. The van der Waals surface area contributed by atoms with Crippen LogP contribution in [0.2, 0.25) is 5.02 Å². The lowest BCUT2D eigenvalue weighted by molar-refractivity contribution is 0.170. The highest BCUT2D eigenvalue weighted by Gasteiger charge is 2.18. The molecule has 3 nitrogen and oxygen atoms in total. The van der Waals surface area contributed by atoms with Gasteiger partial charge in [-0.05, 0) is 46.0 Å². The van der Waals surface area contributed by atoms with Gasteiger partial charge in [-0.3, -0.25) is 11.3 Å². The van der Waals surface area contributed by atoms with E-state index in [4.69, 9.17) is 22.2 Å². The second kappa shape index (κ2) is 7.34. The largest absolute Gasteiger partial charge is 0.385 e. The molecule has 1 aromatic carbocycles. The molecule has 5 heteroatoms. The first kappa shape index (κ1) is 14.9. The Morgan fingerprint density at radius 2 is 2.24 bits per heavy atom. The summed E-state index contributed by atoms with van der Waals surface area (Å²) in [6, 6.07) is 5.96. The molecule has 0 aliphatic rings. The Bertz CT molecular complexity index is 362. The van der Waals surface area contributed by atoms with Gasteiger partial charge in [-0.2, -0.15) is 0 Å². The van der Waals surface area contributed by atoms with Crippen LogP contribution >= 0.6 is 27.5 Å². The van der Waals surface area contributed by atoms with Crippen LogP contribution in [0.25, 0.3) is 0 Å². The van der Waals surface area contributed by atoms with Crippen molar-refractivity contribution in [2.24, 2.45) is 11.8 Å². The lowest BCUT2D eigenvalue weighted by Crippen LogP contribution is -2.33. The molecule has 0 aliphatic carbocycles. The van der Waals surface area contributed by atoms with Crippen LogP contribution in [0, 0.1) is 5.92 Å². The monoisotopic (exact) mass is 320 g/mol. The molecule has 96 valence electrons. The van der Waals surface area contributed by atoms with Gasteiger partial charge in [0, 0.05) is 24.2 Å². The molecule has 0 saturated carbocycles. The predicted molar refractivity (Wildman–Crippen MR) is 74.9 cm³/mol. The first-order chi connectivity index (χ1) is 8.10. The first-order valence-electron chi connectivity index (χ1n) is 5.50. The van der Waals surface area contributed by atoms with E-state index < -0.39 is 0 Å². The summed E-state index contributed by atoms with van der Waals surface area (Å²) < 4.78 is 5.98. The van der Waals surface area contributed by atoms with E-state index in [1.54, 1.807) is 7.11 Å². The van der Waals surface area contributed by atoms with Crippen molar-refractivity contribution in [1.29, 1.82) is 0 Å². The molecule has 0 aromatic heterocycles. The quantitative estimate of drug-likeness (QED) is 0.624. The van der Waals surface area contributed by atoms with E-state index >= 15 is 0 Å². The van der Waals surface area contributed by atoms with Crippen molar-refractivity contribution >= 4 is 27.5 Å². The predicted octanol–water partition coefficient (Wildman–Crippen LogP) is 3.28. The van der Waals surface area contributed by atoms with Crippen molar-refractivity contribution < 1.29 is 4.74 Å². The molecule has 2 atom stereocenters. The number of hydrogen-bond acceptors (Lipinski definition) is 3. The number of ether oxygens (including phenoxy) is 1. The Morgan fingerprint density at radius 3 is 2.76 bits per heavy atom. The van der Waals surface area contributed by atoms with E-state index in [0.717, 1.165) is 23.1 Å². The maximum absolute atomic E-state index is 6.08. The number of halogens is 2. The molecule has 0 heterocycles. The van der Waals surface area contributed by atoms with Crippen LogP contribution in [0.1, 0.15) is 24.9 Å². The molecule has 0 bridgehead atoms. The van der Waals surface area contributed by atoms with Crippen molar-refractivity contribution in [2.45, 2.75) is 19.4 Å². The third kappa shape index (κ3) is 4.23. The number of benzene rings is 1. The third-order valence-electron chi connectivity index (χ3n) is 2.83. The maximum atomic E-state index is 6.08. The van der Waals surface area contributed by atoms with Gasteiger partial charge in [-0.1, -0.05) is 24.6 Å². The minimum Gasteiger partial charge on any atom is -0.385 e. The zero-order valence-electron chi connectivity index (χ0n) is 10.0. The van der Waals surface area contributed by atoms with Crippen LogP contribution in [-0.4, -0.2) is 13.7 Å². The molecule has 3 N–H and O–H groups in total.